The van der Waals surface area contributed by atoms with Crippen LogP contribution in [0, 0.1) is 0 Å². The molecular weight excluding hydrogens is 248 g/mol. The van der Waals surface area contributed by atoms with E-state index in [1.54, 1.807) is 11.8 Å². The summed E-state index contributed by atoms with van der Waals surface area (Å²) in [5.74, 6) is -0.973. The third kappa shape index (κ3) is 3.83. The molecule has 2 amide bonds. The first-order valence-corrected chi connectivity index (χ1v) is 6.60. The van der Waals surface area contributed by atoms with Crippen LogP contribution >= 0.6 is 0 Å². The number of likely N-dealkylation sites (N-methyl/N-ethyl adjacent to an activating group) is 1. The van der Waals surface area contributed by atoms with E-state index in [-0.39, 0.29) is 12.1 Å². The smallest absolute Gasteiger partial charge is 0.326 e. The largest absolute Gasteiger partial charge is 0.480 e. The van der Waals surface area contributed by atoms with Crippen molar-refractivity contribution in [3.05, 3.63) is 0 Å². The summed E-state index contributed by atoms with van der Waals surface area (Å²) in [4.78, 5) is 26.5. The molecule has 2 atom stereocenters. The fourth-order valence-corrected chi connectivity index (χ4v) is 2.57. The number of nitrogens with zero attached hydrogens (tertiary/aromatic N) is 2. The number of carboxylic acid groups (broad SMARTS) is 1. The van der Waals surface area contributed by atoms with E-state index in [0.717, 1.165) is 0 Å². The highest BCUT2D eigenvalue weighted by Crippen LogP contribution is 2.22. The van der Waals surface area contributed by atoms with Gasteiger partial charge in [0.15, 0.2) is 0 Å². The van der Waals surface area contributed by atoms with Crippen molar-refractivity contribution in [2.24, 2.45) is 0 Å². The van der Waals surface area contributed by atoms with E-state index < -0.39 is 17.6 Å². The summed E-state index contributed by atoms with van der Waals surface area (Å²) in [6.45, 7) is 8.48. The Hall–Kier alpha value is -1.30. The van der Waals surface area contributed by atoms with E-state index in [2.05, 4.69) is 0 Å². The molecule has 0 aromatic carbocycles. The molecule has 0 aromatic heterocycles. The zero-order valence-corrected chi connectivity index (χ0v) is 12.3. The van der Waals surface area contributed by atoms with Crippen molar-refractivity contribution < 1.29 is 19.4 Å². The molecule has 0 aliphatic carbocycles. The summed E-state index contributed by atoms with van der Waals surface area (Å²) in [5, 5.41) is 9.11. The Labute approximate surface area is 114 Å². The van der Waals surface area contributed by atoms with E-state index in [1.807, 2.05) is 20.8 Å². The lowest BCUT2D eigenvalue weighted by atomic mass is 10.1. The molecular formula is C13H24N2O4. The predicted molar refractivity (Wildman–Crippen MR) is 71.1 cm³/mol. The fraction of sp³-hybridized carbons (Fsp3) is 0.846. The third-order valence-electron chi connectivity index (χ3n) is 3.28. The van der Waals surface area contributed by atoms with Crippen molar-refractivity contribution in [3.8, 4) is 0 Å². The van der Waals surface area contributed by atoms with E-state index in [1.165, 1.54) is 11.9 Å². The highest BCUT2D eigenvalue weighted by Gasteiger charge is 2.36. The average Bonchev–Trinajstić information content (AvgIpc) is 2.25. The third-order valence-corrected chi connectivity index (χ3v) is 3.28. The molecule has 110 valence electrons. The van der Waals surface area contributed by atoms with E-state index in [4.69, 9.17) is 9.84 Å². The van der Waals surface area contributed by atoms with E-state index in [9.17, 15) is 9.59 Å². The van der Waals surface area contributed by atoms with Gasteiger partial charge < -0.3 is 19.6 Å². The number of urea groups is 1. The molecule has 1 rings (SSSR count). The van der Waals surface area contributed by atoms with Crippen LogP contribution in [0.4, 0.5) is 4.79 Å². The molecule has 1 aliphatic rings. The van der Waals surface area contributed by atoms with Crippen LogP contribution < -0.4 is 0 Å². The first-order valence-electron chi connectivity index (χ1n) is 6.60. The Bertz CT molecular complexity index is 357. The summed E-state index contributed by atoms with van der Waals surface area (Å²) in [6.07, 6.45) is 0.340. The standard InChI is InChI=1S/C13H24N2O4/c1-6-10(11(16)17)14(5)12(18)15-7-9(2)19-13(3,4)8-15/h9-10H,6-8H2,1-5H3,(H,16,17). The molecule has 6 nitrogen and oxygen atoms in total. The van der Waals surface area contributed by atoms with Gasteiger partial charge in [-0.25, -0.2) is 9.59 Å². The van der Waals surface area contributed by atoms with E-state index in [0.29, 0.717) is 19.5 Å². The average molecular weight is 272 g/mol. The Balaban J connectivity index is 2.79. The van der Waals surface area contributed by atoms with Crippen LogP contribution in [0.1, 0.15) is 34.1 Å². The van der Waals surface area contributed by atoms with Crippen LogP contribution in [-0.2, 0) is 9.53 Å². The number of aliphatic carboxylic acids is 1. The van der Waals surface area contributed by atoms with Gasteiger partial charge in [-0.3, -0.25) is 0 Å². The SMILES string of the molecule is CCC(C(=O)O)N(C)C(=O)N1CC(C)OC(C)(C)C1. The number of hydrogen-bond acceptors (Lipinski definition) is 3. The van der Waals surface area contributed by atoms with Gasteiger partial charge in [0.1, 0.15) is 6.04 Å². The molecule has 0 saturated carbocycles. The van der Waals surface area contributed by atoms with Crippen LogP contribution in [0.5, 0.6) is 0 Å². The molecule has 2 unspecified atom stereocenters. The Morgan fingerprint density at radius 1 is 1.53 bits per heavy atom. The second kappa shape index (κ2) is 5.77. The number of ether oxygens (including phenoxy) is 1. The lowest BCUT2D eigenvalue weighted by Gasteiger charge is -2.43. The van der Waals surface area contributed by atoms with Crippen molar-refractivity contribution in [2.75, 3.05) is 20.1 Å². The monoisotopic (exact) mass is 272 g/mol. The van der Waals surface area contributed by atoms with Gasteiger partial charge in [0.25, 0.3) is 0 Å². The second-order valence-corrected chi connectivity index (χ2v) is 5.72. The van der Waals surface area contributed by atoms with E-state index >= 15 is 0 Å². The highest BCUT2D eigenvalue weighted by molar-refractivity contribution is 5.82. The minimum atomic E-state index is -0.973. The summed E-state index contributed by atoms with van der Waals surface area (Å²) in [7, 11) is 1.54. The molecule has 0 radical (unpaired) electrons. The quantitative estimate of drug-likeness (QED) is 0.843. The van der Waals surface area contributed by atoms with Gasteiger partial charge in [-0.15, -0.1) is 0 Å². The van der Waals surface area contributed by atoms with Gasteiger partial charge in [-0.1, -0.05) is 6.92 Å². The fourth-order valence-electron chi connectivity index (χ4n) is 2.57. The zero-order valence-electron chi connectivity index (χ0n) is 12.3. The molecule has 0 spiro atoms. The molecule has 1 N–H and O–H groups in total. The minimum absolute atomic E-state index is 0.0500. The zero-order chi connectivity index (χ0) is 14.8. The van der Waals surface area contributed by atoms with Crippen molar-refractivity contribution in [1.82, 2.24) is 9.80 Å². The minimum Gasteiger partial charge on any atom is -0.480 e. The molecule has 0 aromatic rings. The Morgan fingerprint density at radius 3 is 2.53 bits per heavy atom. The van der Waals surface area contributed by atoms with Crippen LogP contribution in [0.2, 0.25) is 0 Å². The van der Waals surface area contributed by atoms with Crippen LogP contribution in [-0.4, -0.2) is 64.8 Å². The van der Waals surface area contributed by atoms with Gasteiger partial charge in [-0.05, 0) is 27.2 Å². The van der Waals surface area contributed by atoms with Crippen molar-refractivity contribution in [3.63, 3.8) is 0 Å². The van der Waals surface area contributed by atoms with Crippen molar-refractivity contribution >= 4 is 12.0 Å². The molecule has 1 saturated heterocycles. The normalized spacial score (nSPS) is 23.8. The second-order valence-electron chi connectivity index (χ2n) is 5.72. The maximum atomic E-state index is 12.4. The number of amides is 2. The molecule has 6 heteroatoms. The van der Waals surface area contributed by atoms with Gasteiger partial charge in [0.2, 0.25) is 0 Å². The lowest BCUT2D eigenvalue weighted by Crippen LogP contribution is -2.58. The van der Waals surface area contributed by atoms with Crippen LogP contribution in [0.3, 0.4) is 0 Å². The number of hydrogen-bond donors (Lipinski definition) is 1. The van der Waals surface area contributed by atoms with Crippen molar-refractivity contribution in [2.45, 2.75) is 51.9 Å². The topological polar surface area (TPSA) is 70.1 Å². The summed E-state index contributed by atoms with van der Waals surface area (Å²) in [5.41, 5.74) is -0.404. The summed E-state index contributed by atoms with van der Waals surface area (Å²) < 4.78 is 5.74. The highest BCUT2D eigenvalue weighted by atomic mass is 16.5. The van der Waals surface area contributed by atoms with Gasteiger partial charge in [0, 0.05) is 13.6 Å². The maximum Gasteiger partial charge on any atom is 0.326 e. The van der Waals surface area contributed by atoms with Gasteiger partial charge in [-0.2, -0.15) is 0 Å². The number of carboxylic acids is 1. The molecule has 1 fully saturated rings. The van der Waals surface area contributed by atoms with Crippen molar-refractivity contribution in [1.29, 1.82) is 0 Å². The van der Waals surface area contributed by atoms with Crippen LogP contribution in [0.15, 0.2) is 0 Å². The molecule has 19 heavy (non-hydrogen) atoms. The maximum absolute atomic E-state index is 12.4. The Kier molecular flexibility index (Phi) is 4.79. The number of carbonyl (C=O) groups excluding carboxylic acids is 1. The molecule has 0 bridgehead atoms. The number of rotatable bonds is 3. The molecule has 1 aliphatic heterocycles. The predicted octanol–water partition coefficient (Wildman–Crippen LogP) is 1.40. The van der Waals surface area contributed by atoms with Crippen LogP contribution in [0.25, 0.3) is 0 Å². The lowest BCUT2D eigenvalue weighted by molar-refractivity contribution is -0.142. The molecule has 1 heterocycles. The first-order chi connectivity index (χ1) is 8.68. The first kappa shape index (κ1) is 15.8. The van der Waals surface area contributed by atoms with Gasteiger partial charge >= 0.3 is 12.0 Å². The Morgan fingerprint density at radius 2 is 2.11 bits per heavy atom. The summed E-state index contributed by atoms with van der Waals surface area (Å²) in [6, 6.07) is -1.04. The number of morpholine rings is 1. The summed E-state index contributed by atoms with van der Waals surface area (Å²) >= 11 is 0. The van der Waals surface area contributed by atoms with Gasteiger partial charge in [0.05, 0.1) is 18.2 Å². The number of carbonyl (C=O) groups is 2.